The smallest absolute Gasteiger partial charge is 0.262 e. The number of nitrogens with one attached hydrogen (secondary N) is 1. The van der Waals surface area contributed by atoms with E-state index in [4.69, 9.17) is 9.15 Å². The van der Waals surface area contributed by atoms with E-state index in [0.717, 1.165) is 11.1 Å². The number of furan rings is 1. The Kier molecular flexibility index (Phi) is 4.31. The van der Waals surface area contributed by atoms with Gasteiger partial charge in [-0.05, 0) is 61.0 Å². The molecule has 0 bridgehead atoms. The maximum Gasteiger partial charge on any atom is 0.262 e. The predicted octanol–water partition coefficient (Wildman–Crippen LogP) is 4.06. The predicted molar refractivity (Wildman–Crippen MR) is 92.7 cm³/mol. The Morgan fingerprint density at radius 1 is 1.04 bits per heavy atom. The van der Waals surface area contributed by atoms with E-state index in [-0.39, 0.29) is 4.90 Å². The van der Waals surface area contributed by atoms with Gasteiger partial charge in [0.2, 0.25) is 0 Å². The van der Waals surface area contributed by atoms with E-state index in [1.54, 1.807) is 48.7 Å². The summed E-state index contributed by atoms with van der Waals surface area (Å²) >= 11 is 0. The highest BCUT2D eigenvalue weighted by Gasteiger charge is 2.17. The molecule has 0 aliphatic carbocycles. The topological polar surface area (TPSA) is 68.5 Å². The minimum absolute atomic E-state index is 0.168. The van der Waals surface area contributed by atoms with Gasteiger partial charge in [0, 0.05) is 5.56 Å². The molecule has 0 unspecified atom stereocenters. The highest BCUT2D eigenvalue weighted by molar-refractivity contribution is 7.92. The van der Waals surface area contributed by atoms with Crippen LogP contribution in [0.4, 0.5) is 5.69 Å². The van der Waals surface area contributed by atoms with Crippen LogP contribution < -0.4 is 9.46 Å². The van der Waals surface area contributed by atoms with E-state index in [9.17, 15) is 8.42 Å². The lowest BCUT2D eigenvalue weighted by molar-refractivity contribution is 0.417. The van der Waals surface area contributed by atoms with Crippen molar-refractivity contribution < 1.29 is 17.6 Å². The van der Waals surface area contributed by atoms with Crippen molar-refractivity contribution in [2.45, 2.75) is 11.8 Å². The fraction of sp³-hybridized carbons (Fsp3) is 0.111. The summed E-state index contributed by atoms with van der Waals surface area (Å²) in [5.74, 6) is 1.16. The largest absolute Gasteiger partial charge is 0.495 e. The first kappa shape index (κ1) is 16.1. The second kappa shape index (κ2) is 6.41. The summed E-state index contributed by atoms with van der Waals surface area (Å²) in [5, 5.41) is 0. The molecule has 2 aromatic carbocycles. The van der Waals surface area contributed by atoms with Gasteiger partial charge in [0.05, 0.1) is 24.0 Å². The quantitative estimate of drug-likeness (QED) is 0.758. The van der Waals surface area contributed by atoms with Gasteiger partial charge < -0.3 is 9.15 Å². The molecule has 0 amide bonds. The van der Waals surface area contributed by atoms with Crippen LogP contribution in [0.15, 0.2) is 70.2 Å². The van der Waals surface area contributed by atoms with Gasteiger partial charge in [-0.2, -0.15) is 0 Å². The highest BCUT2D eigenvalue weighted by Crippen LogP contribution is 2.28. The van der Waals surface area contributed by atoms with Crippen molar-refractivity contribution in [1.82, 2.24) is 0 Å². The van der Waals surface area contributed by atoms with Gasteiger partial charge in [-0.15, -0.1) is 0 Å². The van der Waals surface area contributed by atoms with Gasteiger partial charge in [0.1, 0.15) is 11.5 Å². The lowest BCUT2D eigenvalue weighted by Gasteiger charge is -2.12. The number of hydrogen-bond donors (Lipinski definition) is 1. The maximum atomic E-state index is 12.6. The molecule has 6 heteroatoms. The second-order valence-corrected chi connectivity index (χ2v) is 6.99. The van der Waals surface area contributed by atoms with E-state index in [0.29, 0.717) is 17.2 Å². The highest BCUT2D eigenvalue weighted by atomic mass is 32.2. The molecule has 0 atom stereocenters. The zero-order valence-corrected chi connectivity index (χ0v) is 14.1. The number of hydrogen-bond acceptors (Lipinski definition) is 4. The Bertz CT molecular complexity index is 930. The summed E-state index contributed by atoms with van der Waals surface area (Å²) < 4.78 is 38.3. The summed E-state index contributed by atoms with van der Waals surface area (Å²) in [6.07, 6.45) is 1.57. The SMILES string of the molecule is COc1ccc(C)cc1NS(=O)(=O)c1ccc(-c2ccco2)cc1. The molecule has 1 aromatic heterocycles. The van der Waals surface area contributed by atoms with Crippen LogP contribution in [0.25, 0.3) is 11.3 Å². The molecule has 0 radical (unpaired) electrons. The molecule has 0 aliphatic heterocycles. The molecular weight excluding hydrogens is 326 g/mol. The van der Waals surface area contributed by atoms with E-state index < -0.39 is 10.0 Å². The van der Waals surface area contributed by atoms with Gasteiger partial charge in [0.15, 0.2) is 0 Å². The Morgan fingerprint density at radius 3 is 2.42 bits per heavy atom. The van der Waals surface area contributed by atoms with E-state index in [2.05, 4.69) is 4.72 Å². The molecule has 0 fully saturated rings. The van der Waals surface area contributed by atoms with E-state index in [1.165, 1.54) is 7.11 Å². The first-order valence-corrected chi connectivity index (χ1v) is 8.79. The van der Waals surface area contributed by atoms with Crippen LogP contribution in [0.5, 0.6) is 5.75 Å². The Hall–Kier alpha value is -2.73. The van der Waals surface area contributed by atoms with Crippen LogP contribution >= 0.6 is 0 Å². The summed E-state index contributed by atoms with van der Waals surface area (Å²) in [6.45, 7) is 1.88. The van der Waals surface area contributed by atoms with Crippen molar-refractivity contribution in [3.63, 3.8) is 0 Å². The Labute approximate surface area is 140 Å². The molecule has 24 heavy (non-hydrogen) atoms. The van der Waals surface area contributed by atoms with Gasteiger partial charge in [-0.25, -0.2) is 8.42 Å². The molecule has 5 nitrogen and oxygen atoms in total. The molecule has 1 heterocycles. The molecule has 0 saturated heterocycles. The molecule has 0 aliphatic rings. The van der Waals surface area contributed by atoms with Crippen LogP contribution in [-0.4, -0.2) is 15.5 Å². The van der Waals surface area contributed by atoms with Crippen LogP contribution in [-0.2, 0) is 10.0 Å². The first-order valence-electron chi connectivity index (χ1n) is 7.31. The van der Waals surface area contributed by atoms with E-state index in [1.807, 2.05) is 19.1 Å². The molecule has 3 rings (SSSR count). The average Bonchev–Trinajstić information content (AvgIpc) is 3.09. The van der Waals surface area contributed by atoms with Crippen LogP contribution in [0.3, 0.4) is 0 Å². The fourth-order valence-corrected chi connectivity index (χ4v) is 3.41. The van der Waals surface area contributed by atoms with Crippen LogP contribution in [0.1, 0.15) is 5.56 Å². The minimum Gasteiger partial charge on any atom is -0.495 e. The average molecular weight is 343 g/mol. The van der Waals surface area contributed by atoms with Crippen molar-refractivity contribution in [3.05, 3.63) is 66.4 Å². The first-order chi connectivity index (χ1) is 11.5. The number of methoxy groups -OCH3 is 1. The van der Waals surface area contributed by atoms with Gasteiger partial charge in [0.25, 0.3) is 10.0 Å². The Morgan fingerprint density at radius 2 is 1.79 bits per heavy atom. The lowest BCUT2D eigenvalue weighted by Crippen LogP contribution is -2.13. The lowest BCUT2D eigenvalue weighted by atomic mass is 10.2. The van der Waals surface area contributed by atoms with Crippen molar-refractivity contribution in [2.24, 2.45) is 0 Å². The number of aryl methyl sites for hydroxylation is 1. The maximum absolute atomic E-state index is 12.6. The minimum atomic E-state index is -3.71. The van der Waals surface area contributed by atoms with Gasteiger partial charge in [-0.1, -0.05) is 6.07 Å². The third kappa shape index (κ3) is 3.28. The number of rotatable bonds is 5. The normalized spacial score (nSPS) is 11.2. The summed E-state index contributed by atoms with van der Waals surface area (Å²) in [4.78, 5) is 0.168. The Balaban J connectivity index is 1.90. The number of ether oxygens (including phenoxy) is 1. The number of anilines is 1. The molecule has 0 spiro atoms. The van der Waals surface area contributed by atoms with Crippen molar-refractivity contribution in [1.29, 1.82) is 0 Å². The zero-order valence-electron chi connectivity index (χ0n) is 13.3. The molecular formula is C18H17NO4S. The third-order valence-corrected chi connectivity index (χ3v) is 4.95. The van der Waals surface area contributed by atoms with Gasteiger partial charge in [-0.3, -0.25) is 4.72 Å². The molecule has 1 N–H and O–H groups in total. The monoisotopic (exact) mass is 343 g/mol. The number of sulfonamides is 1. The molecule has 0 saturated carbocycles. The van der Waals surface area contributed by atoms with E-state index >= 15 is 0 Å². The van der Waals surface area contributed by atoms with Crippen LogP contribution in [0.2, 0.25) is 0 Å². The summed E-state index contributed by atoms with van der Waals surface area (Å²) in [5.41, 5.74) is 2.15. The summed E-state index contributed by atoms with van der Waals surface area (Å²) in [6, 6.07) is 15.4. The standard InChI is InChI=1S/C18H17NO4S/c1-13-5-10-18(22-2)16(12-13)19-24(20,21)15-8-6-14(7-9-15)17-4-3-11-23-17/h3-12,19H,1-2H3. The second-order valence-electron chi connectivity index (χ2n) is 5.31. The van der Waals surface area contributed by atoms with Crippen molar-refractivity contribution >= 4 is 15.7 Å². The number of benzene rings is 2. The van der Waals surface area contributed by atoms with Crippen molar-refractivity contribution in [2.75, 3.05) is 11.8 Å². The summed E-state index contributed by atoms with van der Waals surface area (Å²) in [7, 11) is -2.21. The van der Waals surface area contributed by atoms with Crippen LogP contribution in [0, 0.1) is 6.92 Å². The molecule has 3 aromatic rings. The third-order valence-electron chi connectivity index (χ3n) is 3.57. The van der Waals surface area contributed by atoms with Crippen molar-refractivity contribution in [3.8, 4) is 17.1 Å². The fourth-order valence-electron chi connectivity index (χ4n) is 2.35. The molecule has 124 valence electrons. The van der Waals surface area contributed by atoms with Gasteiger partial charge >= 0.3 is 0 Å². The zero-order chi connectivity index (χ0) is 17.2.